The Kier molecular flexibility index (Phi) is 6.09. The number of aryl methyl sites for hydroxylation is 1. The first-order chi connectivity index (χ1) is 14.0. The molecule has 4 nitrogen and oxygen atoms in total. The van der Waals surface area contributed by atoms with Crippen LogP contribution in [0.25, 0.3) is 0 Å². The van der Waals surface area contributed by atoms with Crippen molar-refractivity contribution in [2.45, 2.75) is 32.7 Å². The van der Waals surface area contributed by atoms with Gasteiger partial charge in [0.15, 0.2) is 5.76 Å². The number of thiophene rings is 1. The number of nitrogens with one attached hydrogen (secondary N) is 1. The monoisotopic (exact) mass is 428 g/mol. The van der Waals surface area contributed by atoms with Crippen LogP contribution in [0.2, 0.25) is 5.02 Å². The van der Waals surface area contributed by atoms with Gasteiger partial charge in [0.05, 0.1) is 12.3 Å². The summed E-state index contributed by atoms with van der Waals surface area (Å²) in [6.07, 6.45) is 3.86. The second-order valence-electron chi connectivity index (χ2n) is 7.75. The summed E-state index contributed by atoms with van der Waals surface area (Å²) in [5.74, 6) is 0.830. The molecule has 6 heteroatoms. The minimum absolute atomic E-state index is 0.0538. The third-order valence-corrected chi connectivity index (χ3v) is 6.72. The lowest BCUT2D eigenvalue weighted by Gasteiger charge is -2.37. The van der Waals surface area contributed by atoms with Crippen molar-refractivity contribution >= 4 is 33.8 Å². The normalized spacial score (nSPS) is 16.7. The van der Waals surface area contributed by atoms with Gasteiger partial charge in [0, 0.05) is 15.5 Å². The lowest BCUT2D eigenvalue weighted by molar-refractivity contribution is 0.0996. The molecule has 0 radical (unpaired) electrons. The molecule has 3 heterocycles. The average molecular weight is 429 g/mol. The molecule has 1 aliphatic heterocycles. The fourth-order valence-corrected chi connectivity index (χ4v) is 5.10. The lowest BCUT2D eigenvalue weighted by Crippen LogP contribution is -2.37. The van der Waals surface area contributed by atoms with Crippen LogP contribution in [-0.4, -0.2) is 23.9 Å². The number of carbonyl (C=O) groups is 1. The highest BCUT2D eigenvalue weighted by molar-refractivity contribution is 7.16. The number of piperidine rings is 1. The van der Waals surface area contributed by atoms with Crippen LogP contribution in [0.4, 0.5) is 5.00 Å². The predicted octanol–water partition coefficient (Wildman–Crippen LogP) is 6.38. The molecule has 3 aromatic rings. The van der Waals surface area contributed by atoms with E-state index in [0.717, 1.165) is 45.0 Å². The number of benzene rings is 1. The van der Waals surface area contributed by atoms with Crippen molar-refractivity contribution in [3.8, 4) is 0 Å². The largest absolute Gasteiger partial charge is 0.459 e. The molecule has 0 saturated carbocycles. The van der Waals surface area contributed by atoms with E-state index < -0.39 is 0 Å². The summed E-state index contributed by atoms with van der Waals surface area (Å²) in [6.45, 7) is 6.44. The number of carbonyl (C=O) groups excluding carboxylic acids is 1. The van der Waals surface area contributed by atoms with Gasteiger partial charge in [-0.2, -0.15) is 0 Å². The Balaban J connectivity index is 1.71. The summed E-state index contributed by atoms with van der Waals surface area (Å²) < 4.78 is 5.27. The Hall–Kier alpha value is -2.08. The van der Waals surface area contributed by atoms with E-state index >= 15 is 0 Å². The van der Waals surface area contributed by atoms with E-state index in [1.54, 1.807) is 23.5 Å². The van der Waals surface area contributed by atoms with Gasteiger partial charge >= 0.3 is 0 Å². The van der Waals surface area contributed by atoms with Gasteiger partial charge < -0.3 is 9.73 Å². The van der Waals surface area contributed by atoms with Gasteiger partial charge in [-0.25, -0.2) is 0 Å². The van der Waals surface area contributed by atoms with E-state index in [2.05, 4.69) is 36.2 Å². The fourth-order valence-electron chi connectivity index (χ4n) is 3.96. The van der Waals surface area contributed by atoms with Crippen LogP contribution in [0.1, 0.15) is 52.4 Å². The number of anilines is 1. The van der Waals surface area contributed by atoms with Crippen molar-refractivity contribution < 1.29 is 9.21 Å². The van der Waals surface area contributed by atoms with Crippen LogP contribution in [0, 0.1) is 12.8 Å². The zero-order valence-electron chi connectivity index (χ0n) is 16.7. The molecule has 152 valence electrons. The van der Waals surface area contributed by atoms with Crippen molar-refractivity contribution in [2.75, 3.05) is 18.4 Å². The Bertz CT molecular complexity index is 975. The zero-order valence-corrected chi connectivity index (χ0v) is 18.2. The Morgan fingerprint density at radius 2 is 2.03 bits per heavy atom. The topological polar surface area (TPSA) is 45.5 Å². The maximum atomic E-state index is 12.6. The second-order valence-corrected chi connectivity index (χ2v) is 9.44. The SMILES string of the molecule is Cc1cc([C@@H](c2cccc(Cl)c2)N2CCC(C)CC2)c(NC(=O)c2ccco2)s1. The number of furan rings is 1. The van der Waals surface area contributed by atoms with Crippen LogP contribution in [0.15, 0.2) is 53.1 Å². The first-order valence-corrected chi connectivity index (χ1v) is 11.2. The minimum Gasteiger partial charge on any atom is -0.459 e. The molecule has 1 amide bonds. The summed E-state index contributed by atoms with van der Waals surface area (Å²) in [5, 5.41) is 4.67. The number of nitrogens with zero attached hydrogens (tertiary/aromatic N) is 1. The number of amides is 1. The highest BCUT2D eigenvalue weighted by Gasteiger charge is 2.29. The molecule has 2 aromatic heterocycles. The van der Waals surface area contributed by atoms with E-state index in [1.807, 2.05) is 18.2 Å². The molecule has 1 atom stereocenters. The molecule has 0 aliphatic carbocycles. The van der Waals surface area contributed by atoms with Crippen LogP contribution in [-0.2, 0) is 0 Å². The maximum Gasteiger partial charge on any atom is 0.291 e. The summed E-state index contributed by atoms with van der Waals surface area (Å²) in [5.41, 5.74) is 2.27. The van der Waals surface area contributed by atoms with Gasteiger partial charge in [-0.1, -0.05) is 30.7 Å². The van der Waals surface area contributed by atoms with E-state index in [9.17, 15) is 4.79 Å². The molecular formula is C23H25ClN2O2S. The van der Waals surface area contributed by atoms with Gasteiger partial charge in [-0.15, -0.1) is 11.3 Å². The zero-order chi connectivity index (χ0) is 20.4. The first-order valence-electron chi connectivity index (χ1n) is 9.96. The average Bonchev–Trinajstić information content (AvgIpc) is 3.34. The summed E-state index contributed by atoms with van der Waals surface area (Å²) in [7, 11) is 0. The van der Waals surface area contributed by atoms with Crippen molar-refractivity contribution in [1.82, 2.24) is 4.90 Å². The van der Waals surface area contributed by atoms with E-state index in [0.29, 0.717) is 5.76 Å². The standard InChI is InChI=1S/C23H25ClN2O2S/c1-15-8-10-26(11-9-15)21(17-5-3-6-18(24)14-17)19-13-16(2)29-23(19)25-22(27)20-7-4-12-28-20/h3-7,12-15,21H,8-11H2,1-2H3,(H,25,27)/t21-/m1/s1. The first kappa shape index (κ1) is 20.2. The molecule has 1 saturated heterocycles. The van der Waals surface area contributed by atoms with Crippen LogP contribution >= 0.6 is 22.9 Å². The van der Waals surface area contributed by atoms with Crippen LogP contribution in [0.5, 0.6) is 0 Å². The van der Waals surface area contributed by atoms with Crippen molar-refractivity contribution in [2.24, 2.45) is 5.92 Å². The van der Waals surface area contributed by atoms with E-state index in [1.165, 1.54) is 19.1 Å². The number of likely N-dealkylation sites (tertiary alicyclic amines) is 1. The molecule has 1 N–H and O–H groups in total. The third-order valence-electron chi connectivity index (χ3n) is 5.50. The van der Waals surface area contributed by atoms with Gasteiger partial charge in [-0.3, -0.25) is 9.69 Å². The molecular weight excluding hydrogens is 404 g/mol. The second kappa shape index (κ2) is 8.74. The molecule has 0 spiro atoms. The van der Waals surface area contributed by atoms with Gasteiger partial charge in [-0.05, 0) is 74.7 Å². The third kappa shape index (κ3) is 4.58. The number of rotatable bonds is 5. The molecule has 0 unspecified atom stereocenters. The molecule has 0 bridgehead atoms. The van der Waals surface area contributed by atoms with Gasteiger partial charge in [0.2, 0.25) is 0 Å². The summed E-state index contributed by atoms with van der Waals surface area (Å²) in [4.78, 5) is 16.3. The smallest absolute Gasteiger partial charge is 0.291 e. The quantitative estimate of drug-likeness (QED) is 0.513. The van der Waals surface area contributed by atoms with Gasteiger partial charge in [0.25, 0.3) is 5.91 Å². The molecule has 4 rings (SSSR count). The van der Waals surface area contributed by atoms with Crippen molar-refractivity contribution in [1.29, 1.82) is 0 Å². The van der Waals surface area contributed by atoms with E-state index in [4.69, 9.17) is 16.0 Å². The van der Waals surface area contributed by atoms with Crippen LogP contribution in [0.3, 0.4) is 0 Å². The Morgan fingerprint density at radius 1 is 1.24 bits per heavy atom. The molecule has 29 heavy (non-hydrogen) atoms. The van der Waals surface area contributed by atoms with E-state index in [-0.39, 0.29) is 11.9 Å². The van der Waals surface area contributed by atoms with Crippen molar-refractivity contribution in [3.05, 3.63) is 75.5 Å². The predicted molar refractivity (Wildman–Crippen MR) is 119 cm³/mol. The highest BCUT2D eigenvalue weighted by atomic mass is 35.5. The molecule has 1 aromatic carbocycles. The van der Waals surface area contributed by atoms with Gasteiger partial charge in [0.1, 0.15) is 5.00 Å². The number of halogens is 1. The summed E-state index contributed by atoms with van der Waals surface area (Å²) >= 11 is 7.94. The Morgan fingerprint density at radius 3 is 2.72 bits per heavy atom. The van der Waals surface area contributed by atoms with Crippen LogP contribution < -0.4 is 5.32 Å². The van der Waals surface area contributed by atoms with Crippen molar-refractivity contribution in [3.63, 3.8) is 0 Å². The summed E-state index contributed by atoms with van der Waals surface area (Å²) in [6, 6.07) is 13.7. The minimum atomic E-state index is -0.227. The lowest BCUT2D eigenvalue weighted by atomic mass is 9.93. The number of hydrogen-bond donors (Lipinski definition) is 1. The fraction of sp³-hybridized carbons (Fsp3) is 0.348. The maximum absolute atomic E-state index is 12.6. The highest BCUT2D eigenvalue weighted by Crippen LogP contribution is 2.41. The number of hydrogen-bond acceptors (Lipinski definition) is 4. The Labute approximate surface area is 180 Å². The molecule has 1 aliphatic rings. The molecule has 1 fully saturated rings.